The van der Waals surface area contributed by atoms with Crippen LogP contribution in [0.2, 0.25) is 0 Å². The van der Waals surface area contributed by atoms with Crippen LogP contribution >= 0.6 is 0 Å². The summed E-state index contributed by atoms with van der Waals surface area (Å²) in [5.74, 6) is 0.255. The van der Waals surface area contributed by atoms with Crippen molar-refractivity contribution in [3.63, 3.8) is 0 Å². The lowest BCUT2D eigenvalue weighted by molar-refractivity contribution is -0.176. The number of ketones is 1. The molecule has 1 spiro atoms. The Morgan fingerprint density at radius 2 is 2.24 bits per heavy atom. The summed E-state index contributed by atoms with van der Waals surface area (Å²) in [4.78, 5) is 26.4. The number of hydrogen-bond acceptors (Lipinski definition) is 3. The molecule has 4 saturated heterocycles. The fourth-order valence-electron chi connectivity index (χ4n) is 4.61. The highest BCUT2D eigenvalue weighted by atomic mass is 16.6. The Labute approximate surface area is 100 Å². The van der Waals surface area contributed by atoms with Crippen molar-refractivity contribution in [1.82, 2.24) is 4.90 Å². The van der Waals surface area contributed by atoms with Gasteiger partial charge in [0.05, 0.1) is 0 Å². The lowest BCUT2D eigenvalue weighted by atomic mass is 9.69. The van der Waals surface area contributed by atoms with Crippen molar-refractivity contribution >= 4 is 11.7 Å². The van der Waals surface area contributed by atoms with Crippen LogP contribution in [0.25, 0.3) is 0 Å². The van der Waals surface area contributed by atoms with E-state index in [4.69, 9.17) is 4.74 Å². The van der Waals surface area contributed by atoms with Crippen LogP contribution in [0, 0.1) is 5.92 Å². The first-order valence-corrected chi connectivity index (χ1v) is 6.65. The van der Waals surface area contributed by atoms with Crippen LogP contribution in [-0.2, 0) is 14.3 Å². The second-order valence-electron chi connectivity index (χ2n) is 6.03. The van der Waals surface area contributed by atoms with Crippen molar-refractivity contribution in [2.45, 2.75) is 62.8 Å². The summed E-state index contributed by atoms with van der Waals surface area (Å²) in [6, 6.07) is 0.328. The van der Waals surface area contributed by atoms with Crippen molar-refractivity contribution < 1.29 is 14.3 Å². The number of amides is 1. The first-order chi connectivity index (χ1) is 8.10. The number of Topliss-reactive ketones (excluding diaryl/α,β-unsaturated/α-hetero) is 1. The second kappa shape index (κ2) is 2.74. The Bertz CT molecular complexity index is 434. The Morgan fingerprint density at radius 1 is 1.41 bits per heavy atom. The molecule has 92 valence electrons. The fraction of sp³-hybridized carbons (Fsp3) is 0.846. The van der Waals surface area contributed by atoms with Gasteiger partial charge in [0.15, 0.2) is 5.78 Å². The summed E-state index contributed by atoms with van der Waals surface area (Å²) in [6.07, 6.45) is 5.97. The predicted molar refractivity (Wildman–Crippen MR) is 59.1 cm³/mol. The van der Waals surface area contributed by atoms with E-state index in [-0.39, 0.29) is 11.7 Å². The minimum atomic E-state index is -1.10. The molecule has 4 aliphatic rings. The highest BCUT2D eigenvalue weighted by molar-refractivity contribution is 6.11. The van der Waals surface area contributed by atoms with Gasteiger partial charge in [-0.25, -0.2) is 0 Å². The smallest absolute Gasteiger partial charge is 0.265 e. The quantitative estimate of drug-likeness (QED) is 0.642. The third kappa shape index (κ3) is 0.885. The molecule has 0 radical (unpaired) electrons. The molecule has 1 amide bonds. The molecule has 17 heavy (non-hydrogen) atoms. The van der Waals surface area contributed by atoms with E-state index in [0.29, 0.717) is 18.4 Å². The number of carbonyl (C=O) groups excluding carboxylic acids is 2. The van der Waals surface area contributed by atoms with E-state index in [9.17, 15) is 9.59 Å². The molecule has 4 atom stereocenters. The first kappa shape index (κ1) is 10.1. The van der Waals surface area contributed by atoms with E-state index in [2.05, 4.69) is 0 Å². The van der Waals surface area contributed by atoms with Crippen LogP contribution in [-0.4, -0.2) is 34.0 Å². The van der Waals surface area contributed by atoms with E-state index in [0.717, 1.165) is 32.1 Å². The first-order valence-electron chi connectivity index (χ1n) is 6.65. The van der Waals surface area contributed by atoms with Gasteiger partial charge in [-0.05, 0) is 39.0 Å². The molecule has 4 nitrogen and oxygen atoms in total. The van der Waals surface area contributed by atoms with E-state index in [1.54, 1.807) is 0 Å². The van der Waals surface area contributed by atoms with Gasteiger partial charge in [-0.2, -0.15) is 0 Å². The largest absolute Gasteiger partial charge is 0.331 e. The van der Waals surface area contributed by atoms with Gasteiger partial charge < -0.3 is 9.64 Å². The molecule has 4 heteroatoms. The molecule has 1 unspecified atom stereocenters. The van der Waals surface area contributed by atoms with Crippen LogP contribution in [0.4, 0.5) is 0 Å². The summed E-state index contributed by atoms with van der Waals surface area (Å²) in [5.41, 5.74) is -1.50. The van der Waals surface area contributed by atoms with E-state index in [1.807, 2.05) is 4.90 Å². The number of carbonyl (C=O) groups is 2. The third-order valence-electron chi connectivity index (χ3n) is 5.35. The molecule has 4 rings (SSSR count). The lowest BCUT2D eigenvalue weighted by Gasteiger charge is -2.53. The lowest BCUT2D eigenvalue weighted by Crippen LogP contribution is -2.64. The molecule has 0 aromatic rings. The predicted octanol–water partition coefficient (Wildman–Crippen LogP) is 1.24. The molecule has 4 fully saturated rings. The van der Waals surface area contributed by atoms with Gasteiger partial charge in [-0.3, -0.25) is 9.59 Å². The zero-order chi connectivity index (χ0) is 11.8. The monoisotopic (exact) mass is 235 g/mol. The van der Waals surface area contributed by atoms with Crippen LogP contribution in [0.3, 0.4) is 0 Å². The van der Waals surface area contributed by atoms with Crippen LogP contribution in [0.1, 0.15) is 45.4 Å². The van der Waals surface area contributed by atoms with Gasteiger partial charge >= 0.3 is 0 Å². The zero-order valence-electron chi connectivity index (χ0n) is 10.1. The van der Waals surface area contributed by atoms with E-state index < -0.39 is 11.3 Å². The summed E-state index contributed by atoms with van der Waals surface area (Å²) in [5, 5.41) is 0. The maximum atomic E-state index is 12.5. The van der Waals surface area contributed by atoms with Crippen molar-refractivity contribution in [3.8, 4) is 0 Å². The molecule has 0 aromatic carbocycles. The maximum Gasteiger partial charge on any atom is 0.265 e. The Hall–Kier alpha value is -0.900. The molecular formula is C13H17NO3. The highest BCUT2D eigenvalue weighted by Gasteiger charge is 2.75. The number of nitrogens with zero attached hydrogens (tertiary/aromatic N) is 1. The normalized spacial score (nSPS) is 50.9. The van der Waals surface area contributed by atoms with Gasteiger partial charge in [0, 0.05) is 18.4 Å². The van der Waals surface area contributed by atoms with Gasteiger partial charge in [0.2, 0.25) is 5.60 Å². The van der Waals surface area contributed by atoms with Crippen molar-refractivity contribution in [2.24, 2.45) is 5.92 Å². The van der Waals surface area contributed by atoms with Crippen molar-refractivity contribution in [1.29, 1.82) is 0 Å². The van der Waals surface area contributed by atoms with Crippen LogP contribution < -0.4 is 0 Å². The Morgan fingerprint density at radius 3 is 2.94 bits per heavy atom. The topological polar surface area (TPSA) is 46.6 Å². The van der Waals surface area contributed by atoms with Crippen molar-refractivity contribution in [3.05, 3.63) is 0 Å². The van der Waals surface area contributed by atoms with Gasteiger partial charge in [-0.1, -0.05) is 0 Å². The summed E-state index contributed by atoms with van der Waals surface area (Å²) in [7, 11) is 0. The molecule has 4 heterocycles. The van der Waals surface area contributed by atoms with Crippen LogP contribution in [0.15, 0.2) is 0 Å². The number of ether oxygens (including phenoxy) is 1. The highest BCUT2D eigenvalue weighted by Crippen LogP contribution is 2.61. The fourth-order valence-corrected chi connectivity index (χ4v) is 4.61. The van der Waals surface area contributed by atoms with Gasteiger partial charge in [0.1, 0.15) is 5.72 Å². The number of fused-ring (bicyclic) bond motifs is 1. The summed E-state index contributed by atoms with van der Waals surface area (Å²) >= 11 is 0. The molecule has 0 aliphatic carbocycles. The maximum absolute atomic E-state index is 12.5. The van der Waals surface area contributed by atoms with Gasteiger partial charge in [0.25, 0.3) is 5.91 Å². The summed E-state index contributed by atoms with van der Waals surface area (Å²) < 4.78 is 6.09. The number of rotatable bonds is 1. The zero-order valence-corrected chi connectivity index (χ0v) is 10.1. The standard InChI is InChI=1S/C13H17NO3/c1-8(15)12-7-9-4-5-10-3-2-6-13(9,17-12)14(10)11(12)16/h9-10H,2-7H2,1H3/t9-,10?,12-,13-/m0/s1. The Kier molecular flexibility index (Phi) is 1.62. The minimum absolute atomic E-state index is 0.0364. The number of piperidine rings is 3. The third-order valence-corrected chi connectivity index (χ3v) is 5.35. The average Bonchev–Trinajstić information content (AvgIpc) is 2.74. The van der Waals surface area contributed by atoms with Crippen LogP contribution in [0.5, 0.6) is 0 Å². The molecule has 0 N–H and O–H groups in total. The second-order valence-corrected chi connectivity index (χ2v) is 6.03. The minimum Gasteiger partial charge on any atom is -0.331 e. The Balaban J connectivity index is 1.89. The molecule has 0 saturated carbocycles. The average molecular weight is 235 g/mol. The molecule has 3 bridgehead atoms. The van der Waals surface area contributed by atoms with Gasteiger partial charge in [-0.15, -0.1) is 0 Å². The molecular weight excluding hydrogens is 218 g/mol. The summed E-state index contributed by atoms with van der Waals surface area (Å²) in [6.45, 7) is 1.50. The molecule has 0 aromatic heterocycles. The molecule has 4 aliphatic heterocycles. The van der Waals surface area contributed by atoms with E-state index >= 15 is 0 Å². The number of hydrogen-bond donors (Lipinski definition) is 0. The SMILES string of the molecule is CC(=O)[C@]12C[C@@H]3CCC4CCC[C@@]3(O1)N4C2=O. The van der Waals surface area contributed by atoms with Crippen molar-refractivity contribution in [2.75, 3.05) is 0 Å². The van der Waals surface area contributed by atoms with E-state index in [1.165, 1.54) is 6.92 Å².